The first kappa shape index (κ1) is 13.6. The zero-order valence-electron chi connectivity index (χ0n) is 10.1. The molecule has 0 aromatic heterocycles. The number of methoxy groups -OCH3 is 1. The number of benzene rings is 1. The molecule has 0 spiro atoms. The lowest BCUT2D eigenvalue weighted by Gasteiger charge is -2.09. The van der Waals surface area contributed by atoms with Gasteiger partial charge in [0.15, 0.2) is 11.5 Å². The van der Waals surface area contributed by atoms with Crippen LogP contribution >= 0.6 is 0 Å². The largest absolute Gasteiger partial charge is 0.493 e. The van der Waals surface area contributed by atoms with Crippen LogP contribution in [-0.4, -0.2) is 24.8 Å². The summed E-state index contributed by atoms with van der Waals surface area (Å²) in [5.41, 5.74) is 0.237. The molecule has 1 rings (SSSR count). The Balaban J connectivity index is 3.16. The molecule has 94 valence electrons. The molecule has 0 fully saturated rings. The molecule has 0 aliphatic heterocycles. The van der Waals surface area contributed by atoms with Gasteiger partial charge in [0.1, 0.15) is 11.6 Å². The first-order valence-electron chi connectivity index (χ1n) is 5.28. The molecule has 0 atom stereocenters. The highest BCUT2D eigenvalue weighted by Gasteiger charge is 2.08. The Hall–Kier alpha value is -2.48. The molecule has 0 aliphatic carbocycles. The van der Waals surface area contributed by atoms with Crippen LogP contribution in [0.15, 0.2) is 23.8 Å². The van der Waals surface area contributed by atoms with Gasteiger partial charge >= 0.3 is 5.97 Å². The van der Waals surface area contributed by atoms with Gasteiger partial charge in [-0.1, -0.05) is 6.07 Å². The van der Waals surface area contributed by atoms with Gasteiger partial charge in [0.2, 0.25) is 0 Å². The van der Waals surface area contributed by atoms with Crippen molar-refractivity contribution in [2.75, 3.05) is 13.7 Å². The number of carboxylic acid groups (broad SMARTS) is 1. The minimum atomic E-state index is -1.26. The van der Waals surface area contributed by atoms with E-state index >= 15 is 0 Å². The van der Waals surface area contributed by atoms with Crippen LogP contribution in [0.3, 0.4) is 0 Å². The summed E-state index contributed by atoms with van der Waals surface area (Å²) in [7, 11) is 1.52. The van der Waals surface area contributed by atoms with E-state index in [2.05, 4.69) is 0 Å². The highest BCUT2D eigenvalue weighted by molar-refractivity contribution is 5.96. The van der Waals surface area contributed by atoms with Gasteiger partial charge in [-0.15, -0.1) is 0 Å². The highest BCUT2D eigenvalue weighted by Crippen LogP contribution is 2.28. The maximum Gasteiger partial charge on any atom is 0.346 e. The van der Waals surface area contributed by atoms with E-state index in [0.29, 0.717) is 23.7 Å². The van der Waals surface area contributed by atoms with Gasteiger partial charge in [0, 0.05) is 0 Å². The average Bonchev–Trinajstić information content (AvgIpc) is 2.36. The lowest BCUT2D eigenvalue weighted by atomic mass is 10.1. The fraction of sp³-hybridized carbons (Fsp3) is 0.231. The van der Waals surface area contributed by atoms with Crippen molar-refractivity contribution in [1.82, 2.24) is 0 Å². The number of rotatable bonds is 5. The Labute approximate surface area is 105 Å². The predicted molar refractivity (Wildman–Crippen MR) is 65.4 cm³/mol. The summed E-state index contributed by atoms with van der Waals surface area (Å²) in [6.45, 7) is 2.30. The molecule has 1 N–H and O–H groups in total. The zero-order valence-corrected chi connectivity index (χ0v) is 10.1. The normalized spacial score (nSPS) is 10.6. The van der Waals surface area contributed by atoms with E-state index in [1.807, 2.05) is 6.92 Å². The summed E-state index contributed by atoms with van der Waals surface area (Å²) in [4.78, 5) is 10.7. The van der Waals surface area contributed by atoms with Crippen LogP contribution < -0.4 is 9.47 Å². The molecule has 0 saturated heterocycles. The molecule has 18 heavy (non-hydrogen) atoms. The number of nitriles is 1. The molecule has 0 saturated carbocycles. The van der Waals surface area contributed by atoms with E-state index in [9.17, 15) is 4.79 Å². The molecule has 0 radical (unpaired) electrons. The van der Waals surface area contributed by atoms with Gasteiger partial charge in [-0.2, -0.15) is 5.26 Å². The number of ether oxygens (including phenoxy) is 2. The lowest BCUT2D eigenvalue weighted by molar-refractivity contribution is -0.132. The number of hydrogen-bond donors (Lipinski definition) is 1. The second-order valence-electron chi connectivity index (χ2n) is 3.32. The fourth-order valence-corrected chi connectivity index (χ4v) is 1.36. The van der Waals surface area contributed by atoms with E-state index < -0.39 is 5.97 Å². The SMILES string of the molecule is CCOc1cc(C=C(C#N)C(=O)O)ccc1OC. The van der Waals surface area contributed by atoms with Crippen LogP contribution in [0.25, 0.3) is 6.08 Å². The molecule has 1 aromatic carbocycles. The molecule has 0 aliphatic rings. The first-order chi connectivity index (χ1) is 8.62. The van der Waals surface area contributed by atoms with Crippen molar-refractivity contribution >= 4 is 12.0 Å². The standard InChI is InChI=1S/C13H13NO4/c1-3-18-12-7-9(4-5-11(12)17-2)6-10(8-14)13(15)16/h4-7H,3H2,1-2H3,(H,15,16). The van der Waals surface area contributed by atoms with Crippen LogP contribution in [0.2, 0.25) is 0 Å². The van der Waals surface area contributed by atoms with E-state index in [0.717, 1.165) is 0 Å². The topological polar surface area (TPSA) is 79.5 Å². The Morgan fingerprint density at radius 3 is 2.72 bits per heavy atom. The number of aliphatic carboxylic acids is 1. The maximum absolute atomic E-state index is 10.7. The fourth-order valence-electron chi connectivity index (χ4n) is 1.36. The van der Waals surface area contributed by atoms with E-state index in [1.165, 1.54) is 13.2 Å². The molecule has 0 amide bonds. The molecular formula is C13H13NO4. The van der Waals surface area contributed by atoms with E-state index in [4.69, 9.17) is 19.8 Å². The van der Waals surface area contributed by atoms with Crippen molar-refractivity contribution in [3.05, 3.63) is 29.3 Å². The summed E-state index contributed by atoms with van der Waals surface area (Å²) in [6.07, 6.45) is 1.28. The number of carboxylic acids is 1. The highest BCUT2D eigenvalue weighted by atomic mass is 16.5. The first-order valence-corrected chi connectivity index (χ1v) is 5.28. The smallest absolute Gasteiger partial charge is 0.346 e. The van der Waals surface area contributed by atoms with Crippen molar-refractivity contribution in [3.63, 3.8) is 0 Å². The monoisotopic (exact) mass is 247 g/mol. The third kappa shape index (κ3) is 3.25. The van der Waals surface area contributed by atoms with E-state index in [-0.39, 0.29) is 5.57 Å². The quantitative estimate of drug-likeness (QED) is 0.636. The molecule has 1 aromatic rings. The van der Waals surface area contributed by atoms with Crippen molar-refractivity contribution in [1.29, 1.82) is 5.26 Å². The van der Waals surface area contributed by atoms with Crippen molar-refractivity contribution in [2.45, 2.75) is 6.92 Å². The summed E-state index contributed by atoms with van der Waals surface area (Å²) < 4.78 is 10.5. The second kappa shape index (κ2) is 6.30. The van der Waals surface area contributed by atoms with Crippen molar-refractivity contribution in [2.24, 2.45) is 0 Å². The Bertz CT molecular complexity index is 514. The van der Waals surface area contributed by atoms with Gasteiger partial charge < -0.3 is 14.6 Å². The van der Waals surface area contributed by atoms with Gasteiger partial charge in [0.25, 0.3) is 0 Å². The molecule has 5 nitrogen and oxygen atoms in total. The molecule has 5 heteroatoms. The Morgan fingerprint density at radius 1 is 1.50 bits per heavy atom. The van der Waals surface area contributed by atoms with Crippen LogP contribution in [0.5, 0.6) is 11.5 Å². The van der Waals surface area contributed by atoms with Crippen molar-refractivity contribution in [3.8, 4) is 17.6 Å². The van der Waals surface area contributed by atoms with Gasteiger partial charge in [-0.05, 0) is 30.7 Å². The summed E-state index contributed by atoms with van der Waals surface area (Å²) in [6, 6.07) is 6.56. The minimum absolute atomic E-state index is 0.331. The average molecular weight is 247 g/mol. The molecule has 0 bridgehead atoms. The minimum Gasteiger partial charge on any atom is -0.493 e. The maximum atomic E-state index is 10.7. The Kier molecular flexibility index (Phi) is 4.76. The van der Waals surface area contributed by atoms with Crippen LogP contribution in [-0.2, 0) is 4.79 Å². The summed E-state index contributed by atoms with van der Waals surface area (Å²) >= 11 is 0. The van der Waals surface area contributed by atoms with E-state index in [1.54, 1.807) is 24.3 Å². The molecular weight excluding hydrogens is 234 g/mol. The second-order valence-corrected chi connectivity index (χ2v) is 3.32. The van der Waals surface area contributed by atoms with Gasteiger partial charge in [0.05, 0.1) is 13.7 Å². The van der Waals surface area contributed by atoms with Gasteiger partial charge in [-0.3, -0.25) is 0 Å². The lowest BCUT2D eigenvalue weighted by Crippen LogP contribution is -1.98. The third-order valence-electron chi connectivity index (χ3n) is 2.15. The predicted octanol–water partition coefficient (Wildman–Crippen LogP) is 2.09. The Morgan fingerprint density at radius 2 is 2.22 bits per heavy atom. The van der Waals surface area contributed by atoms with Crippen molar-refractivity contribution < 1.29 is 19.4 Å². The van der Waals surface area contributed by atoms with Crippen LogP contribution in [0.4, 0.5) is 0 Å². The van der Waals surface area contributed by atoms with Gasteiger partial charge in [-0.25, -0.2) is 4.79 Å². The van der Waals surface area contributed by atoms with Crippen LogP contribution in [0, 0.1) is 11.3 Å². The number of hydrogen-bond acceptors (Lipinski definition) is 4. The number of nitrogens with zero attached hydrogens (tertiary/aromatic N) is 1. The third-order valence-corrected chi connectivity index (χ3v) is 2.15. The molecule has 0 heterocycles. The molecule has 0 unspecified atom stereocenters. The zero-order chi connectivity index (χ0) is 13.5. The number of carbonyl (C=O) groups is 1. The summed E-state index contributed by atoms with van der Waals surface area (Å²) in [5, 5.41) is 17.4. The van der Waals surface area contributed by atoms with Crippen LogP contribution in [0.1, 0.15) is 12.5 Å². The summed E-state index contributed by atoms with van der Waals surface area (Å²) in [5.74, 6) is -0.189.